The number of ether oxygens (including phenoxy) is 1. The molecule has 0 aliphatic heterocycles. The zero-order valence-corrected chi connectivity index (χ0v) is 17.5. The zero-order valence-electron chi connectivity index (χ0n) is 16.7. The molecule has 6 heteroatoms. The normalized spacial score (nSPS) is 11.0. The maximum Gasteiger partial charge on any atom is 0.343 e. The lowest BCUT2D eigenvalue weighted by Crippen LogP contribution is -2.09. The van der Waals surface area contributed by atoms with Crippen molar-refractivity contribution in [2.75, 3.05) is 0 Å². The first-order valence-corrected chi connectivity index (χ1v) is 10.5. The lowest BCUT2D eigenvalue weighted by molar-refractivity contribution is -0.127. The number of rotatable bonds is 4. The summed E-state index contributed by atoms with van der Waals surface area (Å²) in [6, 6.07) is 22.5. The van der Waals surface area contributed by atoms with Crippen LogP contribution in [0.1, 0.15) is 11.3 Å². The number of aromatic nitrogens is 3. The molecule has 5 nitrogen and oxygen atoms in total. The molecule has 5 rings (SSSR count). The summed E-state index contributed by atoms with van der Waals surface area (Å²) in [7, 11) is 0. The van der Waals surface area contributed by atoms with Gasteiger partial charge in [0.1, 0.15) is 5.75 Å². The number of carbonyl (C=O) groups is 1. The molecule has 0 amide bonds. The quantitative estimate of drug-likeness (QED) is 0.207. The molecular formula is C25H17N3O2S. The molecule has 0 fully saturated rings. The van der Waals surface area contributed by atoms with E-state index in [2.05, 4.69) is 16.5 Å². The van der Waals surface area contributed by atoms with E-state index in [4.69, 9.17) is 9.72 Å². The second-order valence-electron chi connectivity index (χ2n) is 7.03. The third-order valence-corrected chi connectivity index (χ3v) is 5.95. The van der Waals surface area contributed by atoms with Crippen LogP contribution in [0.2, 0.25) is 0 Å². The third-order valence-electron chi connectivity index (χ3n) is 4.92. The standard InChI is InChI=1S/C25H17N3O2S/c1-15(25(29)30-18-8-4-3-5-9-18)17-12-13-20-19(14-17)16(2)26-23(27-20)24-28-21-10-6-7-11-22(21)31-24/h3-14H,1H2,2H3. The summed E-state index contributed by atoms with van der Waals surface area (Å²) in [5, 5.41) is 1.64. The first kappa shape index (κ1) is 19.1. The van der Waals surface area contributed by atoms with Gasteiger partial charge in [0, 0.05) is 11.1 Å². The number of aryl methyl sites for hydroxylation is 1. The van der Waals surface area contributed by atoms with Crippen molar-refractivity contribution in [3.05, 3.63) is 90.6 Å². The molecular weight excluding hydrogens is 406 g/mol. The minimum absolute atomic E-state index is 0.278. The number of carbonyl (C=O) groups excluding carboxylic acids is 1. The molecule has 150 valence electrons. The van der Waals surface area contributed by atoms with Gasteiger partial charge >= 0.3 is 5.97 Å². The van der Waals surface area contributed by atoms with E-state index < -0.39 is 5.97 Å². The Morgan fingerprint density at radius 1 is 0.903 bits per heavy atom. The van der Waals surface area contributed by atoms with Crippen molar-refractivity contribution in [3.8, 4) is 16.6 Å². The van der Waals surface area contributed by atoms with Gasteiger partial charge < -0.3 is 4.74 Å². The lowest BCUT2D eigenvalue weighted by Gasteiger charge is -2.09. The van der Waals surface area contributed by atoms with Gasteiger partial charge in [0.15, 0.2) is 10.8 Å². The van der Waals surface area contributed by atoms with E-state index in [1.165, 1.54) is 0 Å². The van der Waals surface area contributed by atoms with Crippen LogP contribution in [0.4, 0.5) is 0 Å². The molecule has 0 bridgehead atoms. The summed E-state index contributed by atoms with van der Waals surface area (Å²) < 4.78 is 6.50. The van der Waals surface area contributed by atoms with E-state index in [0.717, 1.165) is 31.8 Å². The molecule has 0 saturated carbocycles. The average Bonchev–Trinajstić information content (AvgIpc) is 3.23. The van der Waals surface area contributed by atoms with Crippen LogP contribution in [-0.4, -0.2) is 20.9 Å². The van der Waals surface area contributed by atoms with Gasteiger partial charge in [-0.25, -0.2) is 19.7 Å². The molecule has 2 aromatic heterocycles. The Labute approximate surface area is 182 Å². The average molecular weight is 423 g/mol. The van der Waals surface area contributed by atoms with E-state index in [1.54, 1.807) is 23.5 Å². The number of thiazole rings is 1. The van der Waals surface area contributed by atoms with Crippen LogP contribution in [0, 0.1) is 6.92 Å². The maximum absolute atomic E-state index is 12.5. The lowest BCUT2D eigenvalue weighted by atomic mass is 10.0. The van der Waals surface area contributed by atoms with Gasteiger partial charge in [0.05, 0.1) is 21.3 Å². The van der Waals surface area contributed by atoms with Crippen LogP contribution in [-0.2, 0) is 4.79 Å². The van der Waals surface area contributed by atoms with Gasteiger partial charge in [0.25, 0.3) is 0 Å². The van der Waals surface area contributed by atoms with Crippen LogP contribution >= 0.6 is 11.3 Å². The van der Waals surface area contributed by atoms with Gasteiger partial charge in [-0.05, 0) is 48.9 Å². The highest BCUT2D eigenvalue weighted by Gasteiger charge is 2.16. The second-order valence-corrected chi connectivity index (χ2v) is 8.06. The first-order valence-electron chi connectivity index (χ1n) is 9.69. The number of para-hydroxylation sites is 2. The van der Waals surface area contributed by atoms with E-state index in [9.17, 15) is 4.79 Å². The van der Waals surface area contributed by atoms with E-state index in [-0.39, 0.29) is 5.57 Å². The predicted molar refractivity (Wildman–Crippen MR) is 124 cm³/mol. The van der Waals surface area contributed by atoms with Gasteiger partial charge in [-0.2, -0.15) is 0 Å². The molecule has 0 atom stereocenters. The van der Waals surface area contributed by atoms with Crippen LogP contribution in [0.25, 0.3) is 37.5 Å². The van der Waals surface area contributed by atoms with Crippen molar-refractivity contribution in [1.29, 1.82) is 0 Å². The van der Waals surface area contributed by atoms with Crippen LogP contribution in [0.15, 0.2) is 79.4 Å². The van der Waals surface area contributed by atoms with Crippen molar-refractivity contribution >= 4 is 44.0 Å². The van der Waals surface area contributed by atoms with Gasteiger partial charge in [-0.15, -0.1) is 11.3 Å². The molecule has 0 N–H and O–H groups in total. The Morgan fingerprint density at radius 2 is 1.68 bits per heavy atom. The fourth-order valence-corrected chi connectivity index (χ4v) is 4.21. The summed E-state index contributed by atoms with van der Waals surface area (Å²) in [5.41, 5.74) is 3.49. The number of benzene rings is 3. The zero-order chi connectivity index (χ0) is 21.4. The molecule has 2 heterocycles. The topological polar surface area (TPSA) is 65.0 Å². The number of fused-ring (bicyclic) bond motifs is 2. The summed E-state index contributed by atoms with van der Waals surface area (Å²) in [5.74, 6) is 0.589. The van der Waals surface area contributed by atoms with E-state index in [0.29, 0.717) is 17.1 Å². The summed E-state index contributed by atoms with van der Waals surface area (Å²) in [6.07, 6.45) is 0. The van der Waals surface area contributed by atoms with E-state index in [1.807, 2.05) is 67.6 Å². The minimum atomic E-state index is -0.491. The molecule has 0 radical (unpaired) electrons. The molecule has 0 unspecified atom stereocenters. The Bertz CT molecular complexity index is 1430. The monoisotopic (exact) mass is 423 g/mol. The van der Waals surface area contributed by atoms with Crippen molar-refractivity contribution in [1.82, 2.24) is 15.0 Å². The van der Waals surface area contributed by atoms with Gasteiger partial charge in [-0.1, -0.05) is 43.0 Å². The summed E-state index contributed by atoms with van der Waals surface area (Å²) >= 11 is 1.57. The van der Waals surface area contributed by atoms with Crippen molar-refractivity contribution in [2.45, 2.75) is 6.92 Å². The molecule has 0 aliphatic carbocycles. The van der Waals surface area contributed by atoms with Crippen molar-refractivity contribution in [3.63, 3.8) is 0 Å². The fraction of sp³-hybridized carbons (Fsp3) is 0.0400. The molecule has 0 aliphatic rings. The number of nitrogens with zero attached hydrogens (tertiary/aromatic N) is 3. The Morgan fingerprint density at radius 3 is 2.48 bits per heavy atom. The molecule has 0 spiro atoms. The Kier molecular flexibility index (Phi) is 4.76. The number of hydrogen-bond donors (Lipinski definition) is 0. The van der Waals surface area contributed by atoms with Crippen LogP contribution < -0.4 is 4.74 Å². The molecule has 31 heavy (non-hydrogen) atoms. The number of esters is 1. The summed E-state index contributed by atoms with van der Waals surface area (Å²) in [4.78, 5) is 26.5. The van der Waals surface area contributed by atoms with Crippen LogP contribution in [0.5, 0.6) is 5.75 Å². The van der Waals surface area contributed by atoms with Gasteiger partial charge in [-0.3, -0.25) is 0 Å². The van der Waals surface area contributed by atoms with Crippen molar-refractivity contribution < 1.29 is 9.53 Å². The maximum atomic E-state index is 12.5. The highest BCUT2D eigenvalue weighted by atomic mass is 32.1. The number of hydrogen-bond acceptors (Lipinski definition) is 6. The Hall–Kier alpha value is -3.90. The smallest absolute Gasteiger partial charge is 0.343 e. The SMILES string of the molecule is C=C(C(=O)Oc1ccccc1)c1ccc2nc(-c3nc4ccccc4s3)nc(C)c2c1. The fourth-order valence-electron chi connectivity index (χ4n) is 3.31. The molecule has 3 aromatic carbocycles. The minimum Gasteiger partial charge on any atom is -0.423 e. The third kappa shape index (κ3) is 3.69. The van der Waals surface area contributed by atoms with Crippen molar-refractivity contribution in [2.24, 2.45) is 0 Å². The first-order chi connectivity index (χ1) is 15.1. The van der Waals surface area contributed by atoms with E-state index >= 15 is 0 Å². The Balaban J connectivity index is 1.47. The molecule has 0 saturated heterocycles. The highest BCUT2D eigenvalue weighted by Crippen LogP contribution is 2.30. The van der Waals surface area contributed by atoms with Crippen LogP contribution in [0.3, 0.4) is 0 Å². The molecule has 5 aromatic rings. The highest BCUT2D eigenvalue weighted by molar-refractivity contribution is 7.21. The second kappa shape index (κ2) is 7.74. The largest absolute Gasteiger partial charge is 0.423 e. The predicted octanol–water partition coefficient (Wildman–Crippen LogP) is 5.83. The van der Waals surface area contributed by atoms with Gasteiger partial charge in [0.2, 0.25) is 0 Å². The summed E-state index contributed by atoms with van der Waals surface area (Å²) in [6.45, 7) is 5.85.